The van der Waals surface area contributed by atoms with Gasteiger partial charge in [-0.3, -0.25) is 9.78 Å². The SMILES string of the molecule is CC[C@@H](NC(=O)C1CCOCC1)c1ccc(C)cn1. The molecule has 0 aromatic carbocycles. The Morgan fingerprint density at radius 3 is 2.79 bits per heavy atom. The molecule has 1 fully saturated rings. The first kappa shape index (κ1) is 14.0. The topological polar surface area (TPSA) is 51.2 Å². The molecule has 0 bridgehead atoms. The van der Waals surface area contributed by atoms with Crippen molar-refractivity contribution < 1.29 is 9.53 Å². The predicted molar refractivity (Wildman–Crippen MR) is 73.7 cm³/mol. The van der Waals surface area contributed by atoms with E-state index in [4.69, 9.17) is 4.74 Å². The van der Waals surface area contributed by atoms with Gasteiger partial charge in [0.2, 0.25) is 5.91 Å². The molecule has 1 atom stereocenters. The third-order valence-corrected chi connectivity index (χ3v) is 3.61. The zero-order valence-corrected chi connectivity index (χ0v) is 11.7. The van der Waals surface area contributed by atoms with Crippen molar-refractivity contribution in [2.75, 3.05) is 13.2 Å². The number of hydrogen-bond donors (Lipinski definition) is 1. The number of carbonyl (C=O) groups is 1. The van der Waals surface area contributed by atoms with Gasteiger partial charge in [-0.05, 0) is 37.8 Å². The number of pyridine rings is 1. The number of ether oxygens (including phenoxy) is 1. The quantitative estimate of drug-likeness (QED) is 0.906. The Balaban J connectivity index is 1.98. The van der Waals surface area contributed by atoms with Crippen molar-refractivity contribution in [1.82, 2.24) is 10.3 Å². The predicted octanol–water partition coefficient (Wildman–Crippen LogP) is 2.38. The van der Waals surface area contributed by atoms with Gasteiger partial charge in [0.05, 0.1) is 11.7 Å². The van der Waals surface area contributed by atoms with Gasteiger partial charge in [0.15, 0.2) is 0 Å². The highest BCUT2D eigenvalue weighted by Gasteiger charge is 2.24. The van der Waals surface area contributed by atoms with Crippen molar-refractivity contribution in [1.29, 1.82) is 0 Å². The van der Waals surface area contributed by atoms with E-state index in [1.54, 1.807) is 0 Å². The molecule has 19 heavy (non-hydrogen) atoms. The molecule has 4 nitrogen and oxygen atoms in total. The summed E-state index contributed by atoms with van der Waals surface area (Å²) >= 11 is 0. The van der Waals surface area contributed by atoms with Crippen molar-refractivity contribution in [2.45, 2.75) is 39.2 Å². The molecule has 104 valence electrons. The van der Waals surface area contributed by atoms with E-state index in [-0.39, 0.29) is 17.9 Å². The van der Waals surface area contributed by atoms with Crippen LogP contribution in [0.5, 0.6) is 0 Å². The summed E-state index contributed by atoms with van der Waals surface area (Å²) < 4.78 is 5.29. The van der Waals surface area contributed by atoms with Crippen LogP contribution in [0.3, 0.4) is 0 Å². The van der Waals surface area contributed by atoms with Crippen LogP contribution in [0.15, 0.2) is 18.3 Å². The van der Waals surface area contributed by atoms with Gasteiger partial charge in [-0.2, -0.15) is 0 Å². The third kappa shape index (κ3) is 3.77. The molecule has 0 spiro atoms. The fourth-order valence-electron chi connectivity index (χ4n) is 2.32. The van der Waals surface area contributed by atoms with E-state index >= 15 is 0 Å². The third-order valence-electron chi connectivity index (χ3n) is 3.61. The van der Waals surface area contributed by atoms with Crippen LogP contribution in [0.25, 0.3) is 0 Å². The van der Waals surface area contributed by atoms with Crippen LogP contribution in [-0.2, 0) is 9.53 Å². The number of rotatable bonds is 4. The summed E-state index contributed by atoms with van der Waals surface area (Å²) in [5, 5.41) is 3.12. The van der Waals surface area contributed by atoms with Crippen molar-refractivity contribution in [3.63, 3.8) is 0 Å². The second kappa shape index (κ2) is 6.66. The van der Waals surface area contributed by atoms with Gasteiger partial charge in [0, 0.05) is 25.3 Å². The van der Waals surface area contributed by atoms with Crippen LogP contribution >= 0.6 is 0 Å². The minimum absolute atomic E-state index is 0.0101. The lowest BCUT2D eigenvalue weighted by atomic mass is 9.98. The van der Waals surface area contributed by atoms with E-state index < -0.39 is 0 Å². The van der Waals surface area contributed by atoms with E-state index in [0.29, 0.717) is 13.2 Å². The lowest BCUT2D eigenvalue weighted by molar-refractivity contribution is -0.128. The average Bonchev–Trinajstić information content (AvgIpc) is 2.46. The molecular formula is C15H22N2O2. The molecule has 1 aromatic heterocycles. The molecule has 2 heterocycles. The van der Waals surface area contributed by atoms with Crippen molar-refractivity contribution in [3.8, 4) is 0 Å². The van der Waals surface area contributed by atoms with E-state index in [0.717, 1.165) is 30.5 Å². The Morgan fingerprint density at radius 2 is 2.21 bits per heavy atom. The van der Waals surface area contributed by atoms with Crippen LogP contribution in [0.4, 0.5) is 0 Å². The highest BCUT2D eigenvalue weighted by atomic mass is 16.5. The highest BCUT2D eigenvalue weighted by Crippen LogP contribution is 2.19. The molecule has 4 heteroatoms. The van der Waals surface area contributed by atoms with Gasteiger partial charge < -0.3 is 10.1 Å². The Kier molecular flexibility index (Phi) is 4.91. The van der Waals surface area contributed by atoms with Crippen LogP contribution in [0, 0.1) is 12.8 Å². The minimum atomic E-state index is 0.0101. The second-order valence-corrected chi connectivity index (χ2v) is 5.12. The van der Waals surface area contributed by atoms with Crippen LogP contribution < -0.4 is 5.32 Å². The molecule has 0 aliphatic carbocycles. The fourth-order valence-corrected chi connectivity index (χ4v) is 2.32. The first-order valence-corrected chi connectivity index (χ1v) is 7.01. The highest BCUT2D eigenvalue weighted by molar-refractivity contribution is 5.79. The van der Waals surface area contributed by atoms with Crippen LogP contribution in [-0.4, -0.2) is 24.1 Å². The summed E-state index contributed by atoms with van der Waals surface area (Å²) in [6.45, 7) is 5.46. The normalized spacial score (nSPS) is 18.0. The average molecular weight is 262 g/mol. The fraction of sp³-hybridized carbons (Fsp3) is 0.600. The second-order valence-electron chi connectivity index (χ2n) is 5.12. The summed E-state index contributed by atoms with van der Waals surface area (Å²) in [5.74, 6) is 0.228. The molecule has 1 aromatic rings. The van der Waals surface area contributed by atoms with Gasteiger partial charge in [-0.25, -0.2) is 0 Å². The van der Waals surface area contributed by atoms with E-state index in [1.165, 1.54) is 0 Å². The first-order chi connectivity index (χ1) is 9.20. The van der Waals surface area contributed by atoms with Gasteiger partial charge >= 0.3 is 0 Å². The monoisotopic (exact) mass is 262 g/mol. The molecule has 0 saturated carbocycles. The minimum Gasteiger partial charge on any atom is -0.381 e. The first-order valence-electron chi connectivity index (χ1n) is 7.01. The Morgan fingerprint density at radius 1 is 1.47 bits per heavy atom. The number of nitrogens with zero attached hydrogens (tertiary/aromatic N) is 1. The van der Waals surface area contributed by atoms with Gasteiger partial charge in [-0.1, -0.05) is 13.0 Å². The number of amides is 1. The Labute approximate surface area is 114 Å². The van der Waals surface area contributed by atoms with E-state index in [9.17, 15) is 4.79 Å². The zero-order valence-electron chi connectivity index (χ0n) is 11.7. The van der Waals surface area contributed by atoms with Crippen molar-refractivity contribution in [2.24, 2.45) is 5.92 Å². The summed E-state index contributed by atoms with van der Waals surface area (Å²) in [6, 6.07) is 4.04. The van der Waals surface area contributed by atoms with Gasteiger partial charge in [0.1, 0.15) is 0 Å². The number of nitrogens with one attached hydrogen (secondary N) is 1. The van der Waals surface area contributed by atoms with Crippen molar-refractivity contribution >= 4 is 5.91 Å². The molecule has 0 unspecified atom stereocenters. The number of carbonyl (C=O) groups excluding carboxylic acids is 1. The Bertz CT molecular complexity index is 411. The molecule has 1 aliphatic rings. The zero-order chi connectivity index (χ0) is 13.7. The maximum atomic E-state index is 12.2. The maximum absolute atomic E-state index is 12.2. The van der Waals surface area contributed by atoms with Crippen LogP contribution in [0.1, 0.15) is 43.5 Å². The van der Waals surface area contributed by atoms with Gasteiger partial charge in [0.25, 0.3) is 0 Å². The smallest absolute Gasteiger partial charge is 0.223 e. The lowest BCUT2D eigenvalue weighted by Gasteiger charge is -2.24. The lowest BCUT2D eigenvalue weighted by Crippen LogP contribution is -2.36. The van der Waals surface area contributed by atoms with Crippen LogP contribution in [0.2, 0.25) is 0 Å². The Hall–Kier alpha value is -1.42. The standard InChI is InChI=1S/C15H22N2O2/c1-3-13(14-5-4-11(2)10-16-14)17-15(18)12-6-8-19-9-7-12/h4-5,10,12-13H,3,6-9H2,1-2H3,(H,17,18)/t13-/m1/s1. The van der Waals surface area contributed by atoms with Crippen molar-refractivity contribution in [3.05, 3.63) is 29.6 Å². The maximum Gasteiger partial charge on any atom is 0.223 e. The molecule has 1 aliphatic heterocycles. The summed E-state index contributed by atoms with van der Waals surface area (Å²) in [6.07, 6.45) is 4.34. The number of aromatic nitrogens is 1. The molecule has 1 N–H and O–H groups in total. The van der Waals surface area contributed by atoms with E-state index in [1.807, 2.05) is 25.3 Å². The summed E-state index contributed by atoms with van der Waals surface area (Å²) in [5.41, 5.74) is 2.07. The molecule has 2 rings (SSSR count). The molecule has 1 saturated heterocycles. The largest absolute Gasteiger partial charge is 0.381 e. The summed E-state index contributed by atoms with van der Waals surface area (Å²) in [4.78, 5) is 16.6. The number of hydrogen-bond acceptors (Lipinski definition) is 3. The summed E-state index contributed by atoms with van der Waals surface area (Å²) in [7, 11) is 0. The molecule has 1 amide bonds. The van der Waals surface area contributed by atoms with Gasteiger partial charge in [-0.15, -0.1) is 0 Å². The number of aryl methyl sites for hydroxylation is 1. The molecular weight excluding hydrogens is 240 g/mol. The van der Waals surface area contributed by atoms with E-state index in [2.05, 4.69) is 17.2 Å². The molecule has 0 radical (unpaired) electrons.